The molecule has 0 bridgehead atoms. The van der Waals surface area contributed by atoms with Crippen molar-refractivity contribution in [3.8, 4) is 5.75 Å². The second kappa shape index (κ2) is 13.8. The van der Waals surface area contributed by atoms with Gasteiger partial charge < -0.3 is 9.53 Å². The summed E-state index contributed by atoms with van der Waals surface area (Å²) in [5, 5.41) is 0. The van der Waals surface area contributed by atoms with Gasteiger partial charge in [0.25, 0.3) is 0 Å². The summed E-state index contributed by atoms with van der Waals surface area (Å²) in [5.74, 6) is 0.944. The third-order valence-electron chi connectivity index (χ3n) is 5.27. The van der Waals surface area contributed by atoms with Crippen LogP contribution in [0.15, 0.2) is 54.6 Å². The topological polar surface area (TPSA) is 60.4 Å². The van der Waals surface area contributed by atoms with E-state index in [0.29, 0.717) is 12.8 Å². The summed E-state index contributed by atoms with van der Waals surface area (Å²) in [6, 6.07) is 18.8. The lowest BCUT2D eigenvalue weighted by Crippen LogP contribution is -2.31. The third-order valence-corrected chi connectivity index (χ3v) is 6.18. The summed E-state index contributed by atoms with van der Waals surface area (Å²) >= 11 is 0. The maximum atomic E-state index is 11.0. The van der Waals surface area contributed by atoms with Crippen molar-refractivity contribution in [3.63, 3.8) is 0 Å². The minimum Gasteiger partial charge on any atom is -0.494 e. The number of aldehydes is 1. The average molecular weight is 431 g/mol. The van der Waals surface area contributed by atoms with E-state index in [0.717, 1.165) is 37.9 Å². The number of carbonyl (C=O) groups is 1. The van der Waals surface area contributed by atoms with Gasteiger partial charge in [0.2, 0.25) is 10.3 Å². The van der Waals surface area contributed by atoms with Gasteiger partial charge in [0.05, 0.1) is 16.9 Å². The van der Waals surface area contributed by atoms with Crippen LogP contribution in [0.25, 0.3) is 0 Å². The number of hydrogen-bond acceptors (Lipinski definition) is 4. The summed E-state index contributed by atoms with van der Waals surface area (Å²) < 4.78 is 27.1. The van der Waals surface area contributed by atoms with Gasteiger partial charge in [-0.3, -0.25) is 0 Å². The molecule has 0 aromatic heterocycles. The predicted octanol–water partition coefficient (Wildman–Crippen LogP) is 5.52. The molecule has 4 nitrogen and oxygen atoms in total. The molecule has 2 aromatic carbocycles. The monoisotopic (exact) mass is 430 g/mol. The maximum Gasteiger partial charge on any atom is 0.213 e. The first-order chi connectivity index (χ1) is 14.4. The Balaban J connectivity index is 0.000000304. The lowest BCUT2D eigenvalue weighted by atomic mass is 9.79. The zero-order valence-corrected chi connectivity index (χ0v) is 19.4. The predicted molar refractivity (Wildman–Crippen MR) is 125 cm³/mol. The fraction of sp³-hybridized carbons (Fsp3) is 0.440. The van der Waals surface area contributed by atoms with Crippen molar-refractivity contribution in [2.24, 2.45) is 5.41 Å². The number of unbranched alkanes of at least 4 members (excludes halogenated alkanes) is 1. The highest BCUT2D eigenvalue weighted by molar-refractivity contribution is 7.73. The van der Waals surface area contributed by atoms with Crippen molar-refractivity contribution in [3.05, 3.63) is 65.7 Å². The molecule has 1 atom stereocenters. The lowest BCUT2D eigenvalue weighted by molar-refractivity contribution is -0.113. The van der Waals surface area contributed by atoms with Crippen LogP contribution in [0.4, 0.5) is 0 Å². The first kappa shape index (κ1) is 25.6. The molecule has 0 radical (unpaired) electrons. The number of carbonyl (C=O) groups excluding carboxylic acids is 1. The average Bonchev–Trinajstić information content (AvgIpc) is 2.77. The molecule has 30 heavy (non-hydrogen) atoms. The van der Waals surface area contributed by atoms with E-state index >= 15 is 0 Å². The van der Waals surface area contributed by atoms with Gasteiger partial charge in [-0.15, -0.1) is 0 Å². The van der Waals surface area contributed by atoms with Crippen LogP contribution in [0.1, 0.15) is 64.5 Å². The van der Waals surface area contributed by atoms with Crippen molar-refractivity contribution in [2.75, 3.05) is 6.61 Å². The SMILES string of the molecule is CCCCC(C=O)(CC)C(C)=S(=O)=O.CCOc1ccc(Cc2ccccc2)cc1. The Morgan fingerprint density at radius 3 is 2.03 bits per heavy atom. The zero-order valence-electron chi connectivity index (χ0n) is 18.6. The summed E-state index contributed by atoms with van der Waals surface area (Å²) in [7, 11) is -2.25. The molecule has 0 spiro atoms. The van der Waals surface area contributed by atoms with Crippen LogP contribution in [-0.4, -0.2) is 26.2 Å². The molecule has 0 saturated heterocycles. The van der Waals surface area contributed by atoms with Crippen LogP contribution in [-0.2, 0) is 21.5 Å². The van der Waals surface area contributed by atoms with Gasteiger partial charge in [0.1, 0.15) is 12.0 Å². The maximum absolute atomic E-state index is 11.0. The summed E-state index contributed by atoms with van der Waals surface area (Å²) in [6.45, 7) is 8.11. The fourth-order valence-corrected chi connectivity index (χ4v) is 3.81. The zero-order chi connectivity index (χ0) is 22.4. The molecule has 0 aliphatic carbocycles. The van der Waals surface area contributed by atoms with E-state index in [1.54, 1.807) is 0 Å². The summed E-state index contributed by atoms with van der Waals surface area (Å²) in [5.41, 5.74) is 1.89. The van der Waals surface area contributed by atoms with Crippen LogP contribution in [0, 0.1) is 5.41 Å². The number of ether oxygens (including phenoxy) is 1. The highest BCUT2D eigenvalue weighted by atomic mass is 32.2. The van der Waals surface area contributed by atoms with Crippen LogP contribution in [0.5, 0.6) is 5.75 Å². The fourth-order valence-electron chi connectivity index (χ4n) is 3.19. The first-order valence-electron chi connectivity index (χ1n) is 10.6. The molecule has 0 aliphatic rings. The van der Waals surface area contributed by atoms with Crippen molar-refractivity contribution in [1.29, 1.82) is 0 Å². The van der Waals surface area contributed by atoms with Crippen molar-refractivity contribution >= 4 is 21.4 Å². The molecule has 0 amide bonds. The molecule has 2 aromatic rings. The van der Waals surface area contributed by atoms with Gasteiger partial charge in [-0.25, -0.2) is 0 Å². The largest absolute Gasteiger partial charge is 0.494 e. The highest BCUT2D eigenvalue weighted by Gasteiger charge is 2.31. The normalized spacial score (nSPS) is 12.1. The summed E-state index contributed by atoms with van der Waals surface area (Å²) in [4.78, 5) is 11.3. The molecule has 2 rings (SSSR count). The molecule has 0 heterocycles. The Kier molecular flexibility index (Phi) is 11.8. The molecule has 0 fully saturated rings. The van der Waals surface area contributed by atoms with Crippen molar-refractivity contribution < 1.29 is 17.9 Å². The Bertz CT molecular complexity index is 879. The molecular formula is C25H34O4S. The van der Waals surface area contributed by atoms with E-state index in [-0.39, 0.29) is 4.86 Å². The van der Waals surface area contributed by atoms with E-state index in [1.807, 2.05) is 39.0 Å². The Morgan fingerprint density at radius 1 is 0.967 bits per heavy atom. The van der Waals surface area contributed by atoms with Crippen LogP contribution in [0.2, 0.25) is 0 Å². The standard InChI is InChI=1S/C15H16O.C10H18O3S/c1-2-16-15-10-8-14(9-11-15)12-13-6-4-3-5-7-13;1-4-6-7-10(5-2,8-11)9(3)14(12)13/h3-11H,2,12H2,1H3;8H,4-7H2,1-3H3. The molecule has 164 valence electrons. The van der Waals surface area contributed by atoms with Gasteiger partial charge in [-0.05, 0) is 56.4 Å². The molecule has 0 N–H and O–H groups in total. The molecular weight excluding hydrogens is 396 g/mol. The Hall–Kier alpha value is -2.40. The Morgan fingerprint density at radius 2 is 1.57 bits per heavy atom. The number of benzene rings is 2. The van der Waals surface area contributed by atoms with Crippen molar-refractivity contribution in [1.82, 2.24) is 0 Å². The number of hydrogen-bond donors (Lipinski definition) is 0. The van der Waals surface area contributed by atoms with Crippen molar-refractivity contribution in [2.45, 2.75) is 59.8 Å². The van der Waals surface area contributed by atoms with Crippen LogP contribution < -0.4 is 4.74 Å². The molecule has 0 aliphatic heterocycles. The van der Waals surface area contributed by atoms with E-state index in [1.165, 1.54) is 18.1 Å². The molecule has 5 heteroatoms. The highest BCUT2D eigenvalue weighted by Crippen LogP contribution is 2.27. The minimum absolute atomic E-state index is 0.267. The molecule has 0 saturated carbocycles. The number of rotatable bonds is 10. The molecule has 1 unspecified atom stereocenters. The van der Waals surface area contributed by atoms with Gasteiger partial charge in [-0.2, -0.15) is 8.42 Å². The van der Waals surface area contributed by atoms with Crippen LogP contribution >= 0.6 is 0 Å². The van der Waals surface area contributed by atoms with E-state index in [2.05, 4.69) is 36.4 Å². The van der Waals surface area contributed by atoms with Crippen LogP contribution in [0.3, 0.4) is 0 Å². The van der Waals surface area contributed by atoms with E-state index in [4.69, 9.17) is 4.74 Å². The van der Waals surface area contributed by atoms with E-state index in [9.17, 15) is 13.2 Å². The first-order valence-corrected chi connectivity index (χ1v) is 11.6. The minimum atomic E-state index is -2.25. The van der Waals surface area contributed by atoms with Gasteiger partial charge in [0, 0.05) is 0 Å². The second-order valence-corrected chi connectivity index (χ2v) is 8.34. The van der Waals surface area contributed by atoms with Gasteiger partial charge >= 0.3 is 0 Å². The Labute approximate surface area is 182 Å². The summed E-state index contributed by atoms with van der Waals surface area (Å²) in [6.07, 6.45) is 4.79. The smallest absolute Gasteiger partial charge is 0.213 e. The van der Waals surface area contributed by atoms with Gasteiger partial charge in [-0.1, -0.05) is 69.2 Å². The quantitative estimate of drug-likeness (QED) is 0.368. The van der Waals surface area contributed by atoms with Gasteiger partial charge in [0.15, 0.2) is 0 Å². The lowest BCUT2D eigenvalue weighted by Gasteiger charge is -2.24. The van der Waals surface area contributed by atoms with E-state index < -0.39 is 15.7 Å². The third kappa shape index (κ3) is 8.15. The second-order valence-electron chi connectivity index (χ2n) is 7.26.